The molecule has 0 saturated carbocycles. The Labute approximate surface area is 116 Å². The van der Waals surface area contributed by atoms with Gasteiger partial charge in [0.25, 0.3) is 5.91 Å². The molecule has 1 aromatic heterocycles. The number of urea groups is 1. The average Bonchev–Trinajstić information content (AvgIpc) is 2.81. The summed E-state index contributed by atoms with van der Waals surface area (Å²) >= 11 is 0. The van der Waals surface area contributed by atoms with Gasteiger partial charge in [-0.25, -0.2) is 9.48 Å². The van der Waals surface area contributed by atoms with Gasteiger partial charge < -0.3 is 20.9 Å². The number of nitrogens with one attached hydrogen (secondary N) is 3. The zero-order chi connectivity index (χ0) is 14.5. The van der Waals surface area contributed by atoms with E-state index in [1.807, 2.05) is 0 Å². The first-order valence-electron chi connectivity index (χ1n) is 6.44. The lowest BCUT2D eigenvalue weighted by Crippen LogP contribution is -2.43. The molecule has 0 atom stereocenters. The zero-order valence-corrected chi connectivity index (χ0v) is 11.6. The van der Waals surface area contributed by atoms with Gasteiger partial charge in [-0.1, -0.05) is 5.21 Å². The van der Waals surface area contributed by atoms with E-state index in [1.165, 1.54) is 4.90 Å². The number of amides is 3. The van der Waals surface area contributed by atoms with Crippen LogP contribution in [0.3, 0.4) is 0 Å². The Bertz CT molecular complexity index is 481. The van der Waals surface area contributed by atoms with Gasteiger partial charge in [-0.05, 0) is 0 Å². The fourth-order valence-electron chi connectivity index (χ4n) is 1.61. The van der Waals surface area contributed by atoms with E-state index in [0.717, 1.165) is 13.1 Å². The Morgan fingerprint density at radius 1 is 1.40 bits per heavy atom. The summed E-state index contributed by atoms with van der Waals surface area (Å²) < 4.78 is 1.69. The molecule has 0 aromatic carbocycles. The van der Waals surface area contributed by atoms with Crippen LogP contribution in [0.2, 0.25) is 0 Å². The molecule has 0 spiro atoms. The molecule has 0 radical (unpaired) electrons. The number of aromatic nitrogens is 3. The highest BCUT2D eigenvalue weighted by molar-refractivity contribution is 5.91. The zero-order valence-electron chi connectivity index (χ0n) is 11.6. The molecule has 1 aliphatic heterocycles. The van der Waals surface area contributed by atoms with Gasteiger partial charge in [-0.15, -0.1) is 5.10 Å². The van der Waals surface area contributed by atoms with Crippen molar-refractivity contribution in [3.63, 3.8) is 0 Å². The minimum atomic E-state index is -0.289. The van der Waals surface area contributed by atoms with E-state index in [4.69, 9.17) is 0 Å². The van der Waals surface area contributed by atoms with E-state index in [-0.39, 0.29) is 23.7 Å². The molecule has 2 heterocycles. The van der Waals surface area contributed by atoms with Crippen LogP contribution < -0.4 is 16.0 Å². The second-order valence-electron chi connectivity index (χ2n) is 4.78. The van der Waals surface area contributed by atoms with Gasteiger partial charge in [0.2, 0.25) is 0 Å². The predicted octanol–water partition coefficient (Wildman–Crippen LogP) is -1.58. The molecule has 9 nitrogen and oxygen atoms in total. The van der Waals surface area contributed by atoms with Crippen molar-refractivity contribution < 1.29 is 9.59 Å². The third-order valence-corrected chi connectivity index (χ3v) is 2.97. The Morgan fingerprint density at radius 2 is 2.10 bits per heavy atom. The topological polar surface area (TPSA) is 104 Å². The summed E-state index contributed by atoms with van der Waals surface area (Å²) in [5.74, 6) is -0.289. The molecule has 0 bridgehead atoms. The summed E-state index contributed by atoms with van der Waals surface area (Å²) in [7, 11) is 3.31. The molecule has 3 N–H and O–H groups in total. The first kappa shape index (κ1) is 14.3. The third kappa shape index (κ3) is 3.44. The van der Waals surface area contributed by atoms with Crippen molar-refractivity contribution >= 4 is 11.9 Å². The lowest BCUT2D eigenvalue weighted by atomic mass is 10.2. The maximum atomic E-state index is 11.8. The van der Waals surface area contributed by atoms with Crippen LogP contribution >= 0.6 is 0 Å². The maximum absolute atomic E-state index is 11.8. The van der Waals surface area contributed by atoms with Gasteiger partial charge in [0, 0.05) is 40.3 Å². The lowest BCUT2D eigenvalue weighted by Gasteiger charge is -2.26. The number of carbonyl (C=O) groups excluding carboxylic acids is 2. The largest absolute Gasteiger partial charge is 0.349 e. The molecule has 2 rings (SSSR count). The second kappa shape index (κ2) is 6.33. The van der Waals surface area contributed by atoms with Gasteiger partial charge in [0.05, 0.1) is 12.2 Å². The fraction of sp³-hybridized carbons (Fsp3) is 0.636. The monoisotopic (exact) mass is 281 g/mol. The molecule has 20 heavy (non-hydrogen) atoms. The highest BCUT2D eigenvalue weighted by atomic mass is 16.2. The van der Waals surface area contributed by atoms with E-state index < -0.39 is 0 Å². The first-order chi connectivity index (χ1) is 9.58. The van der Waals surface area contributed by atoms with Crippen molar-refractivity contribution in [3.8, 4) is 0 Å². The summed E-state index contributed by atoms with van der Waals surface area (Å²) in [4.78, 5) is 24.5. The molecular formula is C11H19N7O2. The summed E-state index contributed by atoms with van der Waals surface area (Å²) in [6.45, 7) is 2.40. The van der Waals surface area contributed by atoms with Crippen LogP contribution in [0.25, 0.3) is 0 Å². The smallest absolute Gasteiger partial charge is 0.316 e. The minimum Gasteiger partial charge on any atom is -0.349 e. The van der Waals surface area contributed by atoms with Crippen LogP contribution in [0.15, 0.2) is 6.20 Å². The fourth-order valence-corrected chi connectivity index (χ4v) is 1.61. The minimum absolute atomic E-state index is 0.192. The van der Waals surface area contributed by atoms with Crippen molar-refractivity contribution in [2.24, 2.45) is 0 Å². The Morgan fingerprint density at radius 3 is 2.70 bits per heavy atom. The Balaban J connectivity index is 1.71. The Hall–Kier alpha value is -2.16. The molecule has 3 amide bonds. The number of hydrogen-bond acceptors (Lipinski definition) is 5. The van der Waals surface area contributed by atoms with Gasteiger partial charge in [0.15, 0.2) is 5.69 Å². The summed E-state index contributed by atoms with van der Waals surface area (Å²) in [6.07, 6.45) is 1.64. The average molecular weight is 281 g/mol. The van der Waals surface area contributed by atoms with Crippen LogP contribution in [-0.4, -0.2) is 72.1 Å². The van der Waals surface area contributed by atoms with Crippen LogP contribution in [0.4, 0.5) is 4.79 Å². The number of nitrogens with zero attached hydrogens (tertiary/aromatic N) is 4. The molecule has 1 aromatic rings. The standard InChI is InChI=1S/C11H19N7O2/c1-17(2)11(20)14-4-3-13-10(19)9-7-18(16-15-9)8-5-12-6-8/h7-8,12H,3-6H2,1-2H3,(H,13,19)(H,14,20). The molecule has 9 heteroatoms. The molecule has 110 valence electrons. The molecule has 0 unspecified atom stereocenters. The van der Waals surface area contributed by atoms with Gasteiger partial charge in [-0.2, -0.15) is 0 Å². The van der Waals surface area contributed by atoms with Crippen molar-refractivity contribution in [2.45, 2.75) is 6.04 Å². The predicted molar refractivity (Wildman–Crippen MR) is 71.3 cm³/mol. The van der Waals surface area contributed by atoms with E-state index in [9.17, 15) is 9.59 Å². The molecule has 0 aliphatic carbocycles. The van der Waals surface area contributed by atoms with Crippen LogP contribution in [0.1, 0.15) is 16.5 Å². The van der Waals surface area contributed by atoms with Crippen molar-refractivity contribution in [3.05, 3.63) is 11.9 Å². The SMILES string of the molecule is CN(C)C(=O)NCCNC(=O)c1cn(C2CNC2)nn1. The molecular weight excluding hydrogens is 262 g/mol. The molecule has 1 saturated heterocycles. The third-order valence-electron chi connectivity index (χ3n) is 2.97. The summed E-state index contributed by atoms with van der Waals surface area (Å²) in [5, 5.41) is 16.2. The van der Waals surface area contributed by atoms with Crippen LogP contribution in [0, 0.1) is 0 Å². The number of hydrogen-bond donors (Lipinski definition) is 3. The summed E-state index contributed by atoms with van der Waals surface area (Å²) in [6, 6.07) is 0.0890. The van der Waals surface area contributed by atoms with E-state index >= 15 is 0 Å². The van der Waals surface area contributed by atoms with Gasteiger partial charge >= 0.3 is 6.03 Å². The van der Waals surface area contributed by atoms with Gasteiger partial charge in [0.1, 0.15) is 0 Å². The van der Waals surface area contributed by atoms with Crippen molar-refractivity contribution in [2.75, 3.05) is 40.3 Å². The maximum Gasteiger partial charge on any atom is 0.316 e. The molecule has 1 aliphatic rings. The second-order valence-corrected chi connectivity index (χ2v) is 4.78. The lowest BCUT2D eigenvalue weighted by molar-refractivity contribution is 0.0948. The Kier molecular flexibility index (Phi) is 4.51. The van der Waals surface area contributed by atoms with Gasteiger partial charge in [-0.3, -0.25) is 4.79 Å². The van der Waals surface area contributed by atoms with Crippen molar-refractivity contribution in [1.82, 2.24) is 35.8 Å². The van der Waals surface area contributed by atoms with Crippen molar-refractivity contribution in [1.29, 1.82) is 0 Å². The van der Waals surface area contributed by atoms with E-state index in [0.29, 0.717) is 13.1 Å². The van der Waals surface area contributed by atoms with Crippen LogP contribution in [-0.2, 0) is 0 Å². The first-order valence-corrected chi connectivity index (χ1v) is 6.44. The van der Waals surface area contributed by atoms with E-state index in [2.05, 4.69) is 26.3 Å². The number of carbonyl (C=O) groups is 2. The van der Waals surface area contributed by atoms with Crippen LogP contribution in [0.5, 0.6) is 0 Å². The van der Waals surface area contributed by atoms with E-state index in [1.54, 1.807) is 25.0 Å². The molecule has 1 fully saturated rings. The summed E-state index contributed by atoms with van der Waals surface area (Å²) in [5.41, 5.74) is 0.288. The number of rotatable bonds is 5. The normalized spacial score (nSPS) is 14.5. The highest BCUT2D eigenvalue weighted by Crippen LogP contribution is 2.09. The highest BCUT2D eigenvalue weighted by Gasteiger charge is 2.21. The quantitative estimate of drug-likeness (QED) is 0.565.